The van der Waals surface area contributed by atoms with E-state index in [4.69, 9.17) is 4.74 Å². The Morgan fingerprint density at radius 2 is 1.83 bits per heavy atom. The third-order valence-electron chi connectivity index (χ3n) is 5.48. The van der Waals surface area contributed by atoms with E-state index in [9.17, 15) is 13.2 Å². The second-order valence-electron chi connectivity index (χ2n) is 7.62. The Kier molecular flexibility index (Phi) is 7.50. The number of rotatable bonds is 8. The van der Waals surface area contributed by atoms with E-state index in [1.165, 1.54) is 10.4 Å². The van der Waals surface area contributed by atoms with Gasteiger partial charge in [-0.3, -0.25) is 4.79 Å². The predicted octanol–water partition coefficient (Wildman–Crippen LogP) is 3.54. The van der Waals surface area contributed by atoms with Gasteiger partial charge in [0.25, 0.3) is 5.91 Å². The molecule has 0 unspecified atom stereocenters. The van der Waals surface area contributed by atoms with Crippen LogP contribution in [0.4, 0.5) is 0 Å². The molecule has 1 heterocycles. The second kappa shape index (κ2) is 10.1. The highest BCUT2D eigenvalue weighted by Gasteiger charge is 2.28. The molecule has 2 aromatic rings. The largest absolute Gasteiger partial charge is 0.496 e. The van der Waals surface area contributed by atoms with Gasteiger partial charge in [-0.2, -0.15) is 4.31 Å². The maximum atomic E-state index is 13.0. The number of sulfonamides is 1. The van der Waals surface area contributed by atoms with Gasteiger partial charge in [-0.15, -0.1) is 0 Å². The lowest BCUT2D eigenvalue weighted by molar-refractivity contribution is 0.0953. The van der Waals surface area contributed by atoms with Crippen LogP contribution in [-0.4, -0.2) is 45.4 Å². The number of para-hydroxylation sites is 1. The minimum Gasteiger partial charge on any atom is -0.496 e. The Labute approximate surface area is 179 Å². The van der Waals surface area contributed by atoms with Crippen molar-refractivity contribution in [2.45, 2.75) is 43.9 Å². The molecule has 2 aromatic carbocycles. The van der Waals surface area contributed by atoms with Gasteiger partial charge in [0.05, 0.1) is 12.0 Å². The quantitative estimate of drug-likeness (QED) is 0.650. The molecule has 0 spiro atoms. The number of ether oxygens (including phenoxy) is 1. The van der Waals surface area contributed by atoms with Gasteiger partial charge in [-0.1, -0.05) is 30.7 Å². The summed E-state index contributed by atoms with van der Waals surface area (Å²) in [6.45, 7) is 3.35. The Bertz CT molecular complexity index is 982. The van der Waals surface area contributed by atoms with E-state index < -0.39 is 10.0 Å². The molecule has 162 valence electrons. The van der Waals surface area contributed by atoms with E-state index in [0.717, 1.165) is 43.4 Å². The number of nitrogens with one attached hydrogen (secondary N) is 1. The Hall–Kier alpha value is -2.38. The van der Waals surface area contributed by atoms with Crippen molar-refractivity contribution in [2.75, 3.05) is 26.7 Å². The lowest BCUT2D eigenvalue weighted by Gasteiger charge is -2.26. The molecule has 0 aliphatic carbocycles. The summed E-state index contributed by atoms with van der Waals surface area (Å²) in [4.78, 5) is 12.8. The maximum absolute atomic E-state index is 13.0. The van der Waals surface area contributed by atoms with Crippen molar-refractivity contribution < 1.29 is 17.9 Å². The number of aryl methyl sites for hydroxylation is 2. The number of methoxy groups -OCH3 is 1. The van der Waals surface area contributed by atoms with E-state index in [-0.39, 0.29) is 10.8 Å². The molecule has 1 aliphatic heterocycles. The van der Waals surface area contributed by atoms with E-state index in [1.54, 1.807) is 26.2 Å². The summed E-state index contributed by atoms with van der Waals surface area (Å²) in [6, 6.07) is 12.7. The molecule has 1 saturated heterocycles. The molecule has 7 heteroatoms. The van der Waals surface area contributed by atoms with Crippen LogP contribution in [0.25, 0.3) is 0 Å². The van der Waals surface area contributed by atoms with Crippen LogP contribution in [0.5, 0.6) is 5.75 Å². The highest BCUT2D eigenvalue weighted by molar-refractivity contribution is 7.89. The number of nitrogens with zero attached hydrogens (tertiary/aromatic N) is 1. The van der Waals surface area contributed by atoms with Crippen LogP contribution in [0.3, 0.4) is 0 Å². The summed E-state index contributed by atoms with van der Waals surface area (Å²) in [7, 11) is -1.93. The minimum atomic E-state index is -3.58. The summed E-state index contributed by atoms with van der Waals surface area (Å²) in [6.07, 6.45) is 4.36. The fourth-order valence-electron chi connectivity index (χ4n) is 3.76. The SMILES string of the molecule is COc1ccccc1CCCNC(=O)c1ccc(C)c(S(=O)(=O)N2CCCCC2)c1. The third-order valence-corrected chi connectivity index (χ3v) is 7.52. The van der Waals surface area contributed by atoms with Crippen molar-refractivity contribution in [2.24, 2.45) is 0 Å². The van der Waals surface area contributed by atoms with E-state index in [2.05, 4.69) is 5.32 Å². The van der Waals surface area contributed by atoms with Gasteiger partial charge in [0.15, 0.2) is 0 Å². The molecule has 6 nitrogen and oxygen atoms in total. The van der Waals surface area contributed by atoms with Crippen LogP contribution in [-0.2, 0) is 16.4 Å². The zero-order valence-corrected chi connectivity index (χ0v) is 18.5. The molecule has 0 aromatic heterocycles. The minimum absolute atomic E-state index is 0.228. The predicted molar refractivity (Wildman–Crippen MR) is 117 cm³/mol. The van der Waals surface area contributed by atoms with Gasteiger partial charge < -0.3 is 10.1 Å². The van der Waals surface area contributed by atoms with Crippen molar-refractivity contribution in [1.29, 1.82) is 0 Å². The first-order valence-corrected chi connectivity index (χ1v) is 11.9. The zero-order chi connectivity index (χ0) is 21.6. The summed E-state index contributed by atoms with van der Waals surface area (Å²) >= 11 is 0. The van der Waals surface area contributed by atoms with Gasteiger partial charge in [0, 0.05) is 25.2 Å². The Balaban J connectivity index is 1.63. The van der Waals surface area contributed by atoms with E-state index in [1.807, 2.05) is 24.3 Å². The number of carbonyl (C=O) groups is 1. The molecule has 3 rings (SSSR count). The maximum Gasteiger partial charge on any atom is 0.251 e. The third kappa shape index (κ3) is 5.21. The number of hydrogen-bond donors (Lipinski definition) is 1. The number of hydrogen-bond acceptors (Lipinski definition) is 4. The van der Waals surface area contributed by atoms with Gasteiger partial charge in [0.1, 0.15) is 5.75 Å². The van der Waals surface area contributed by atoms with Crippen molar-refractivity contribution in [3.05, 3.63) is 59.2 Å². The molecule has 1 amide bonds. The Morgan fingerprint density at radius 1 is 1.10 bits per heavy atom. The van der Waals surface area contributed by atoms with Crippen LogP contribution >= 0.6 is 0 Å². The fourth-order valence-corrected chi connectivity index (χ4v) is 5.52. The Morgan fingerprint density at radius 3 is 2.57 bits per heavy atom. The molecule has 1 aliphatic rings. The van der Waals surface area contributed by atoms with Crippen LogP contribution < -0.4 is 10.1 Å². The molecule has 0 atom stereocenters. The van der Waals surface area contributed by atoms with Crippen molar-refractivity contribution in [3.8, 4) is 5.75 Å². The van der Waals surface area contributed by atoms with Gasteiger partial charge in [-0.05, 0) is 61.9 Å². The van der Waals surface area contributed by atoms with Crippen molar-refractivity contribution >= 4 is 15.9 Å². The smallest absolute Gasteiger partial charge is 0.251 e. The lowest BCUT2D eigenvalue weighted by atomic mass is 10.1. The number of carbonyl (C=O) groups excluding carboxylic acids is 1. The monoisotopic (exact) mass is 430 g/mol. The molecular weight excluding hydrogens is 400 g/mol. The first-order valence-electron chi connectivity index (χ1n) is 10.4. The van der Waals surface area contributed by atoms with Crippen LogP contribution in [0, 0.1) is 6.92 Å². The summed E-state index contributed by atoms with van der Waals surface area (Å²) in [5, 5.41) is 2.90. The standard InChI is InChI=1S/C23H30N2O4S/c1-18-12-13-20(17-22(18)30(27,28)25-15-6-3-7-16-25)23(26)24-14-8-10-19-9-4-5-11-21(19)29-2/h4-5,9,11-13,17H,3,6-8,10,14-16H2,1-2H3,(H,24,26). The van der Waals surface area contributed by atoms with E-state index in [0.29, 0.717) is 30.8 Å². The fraction of sp³-hybridized carbons (Fsp3) is 0.435. The second-order valence-corrected chi connectivity index (χ2v) is 9.52. The van der Waals surface area contributed by atoms with Gasteiger partial charge in [-0.25, -0.2) is 8.42 Å². The highest BCUT2D eigenvalue weighted by atomic mass is 32.2. The normalized spacial score (nSPS) is 15.0. The van der Waals surface area contributed by atoms with E-state index >= 15 is 0 Å². The molecular formula is C23H30N2O4S. The highest BCUT2D eigenvalue weighted by Crippen LogP contribution is 2.24. The number of piperidine rings is 1. The number of benzene rings is 2. The average Bonchev–Trinajstić information content (AvgIpc) is 2.77. The topological polar surface area (TPSA) is 75.7 Å². The summed E-state index contributed by atoms with van der Waals surface area (Å²) < 4.78 is 33.0. The van der Waals surface area contributed by atoms with Crippen molar-refractivity contribution in [1.82, 2.24) is 9.62 Å². The van der Waals surface area contributed by atoms with Crippen LogP contribution in [0.15, 0.2) is 47.4 Å². The average molecular weight is 431 g/mol. The van der Waals surface area contributed by atoms with Gasteiger partial charge >= 0.3 is 0 Å². The van der Waals surface area contributed by atoms with Crippen molar-refractivity contribution in [3.63, 3.8) is 0 Å². The van der Waals surface area contributed by atoms with Crippen LogP contribution in [0.2, 0.25) is 0 Å². The molecule has 30 heavy (non-hydrogen) atoms. The molecule has 0 bridgehead atoms. The zero-order valence-electron chi connectivity index (χ0n) is 17.7. The van der Waals surface area contributed by atoms with Crippen LogP contribution in [0.1, 0.15) is 47.2 Å². The molecule has 1 fully saturated rings. The summed E-state index contributed by atoms with van der Waals surface area (Å²) in [5.74, 6) is 0.583. The molecule has 0 radical (unpaired) electrons. The lowest BCUT2D eigenvalue weighted by Crippen LogP contribution is -2.36. The van der Waals surface area contributed by atoms with Gasteiger partial charge in [0.2, 0.25) is 10.0 Å². The molecule has 0 saturated carbocycles. The number of amides is 1. The first-order chi connectivity index (χ1) is 14.4. The molecule has 1 N–H and O–H groups in total. The first kappa shape index (κ1) is 22.3. The summed E-state index contributed by atoms with van der Waals surface area (Å²) in [5.41, 5.74) is 2.13.